The highest BCUT2D eigenvalue weighted by atomic mass is 79.9. The molecule has 100 valence electrons. The number of aliphatic hydroxyl groups is 1. The fourth-order valence-corrected chi connectivity index (χ4v) is 2.74. The second-order valence-electron chi connectivity index (χ2n) is 4.89. The molecule has 0 spiro atoms. The third-order valence-corrected chi connectivity index (χ3v) is 4.00. The SMILES string of the molecule is CC(C)c1ccc(C(O)c2ccc(Br)cc2Cl)cc1. The third-order valence-electron chi connectivity index (χ3n) is 3.18. The molecule has 0 fully saturated rings. The minimum atomic E-state index is -0.693. The topological polar surface area (TPSA) is 20.2 Å². The van der Waals surface area contributed by atoms with Gasteiger partial charge in [-0.25, -0.2) is 0 Å². The smallest absolute Gasteiger partial charge is 0.105 e. The van der Waals surface area contributed by atoms with Crippen molar-refractivity contribution in [1.29, 1.82) is 0 Å². The van der Waals surface area contributed by atoms with Crippen LogP contribution in [-0.2, 0) is 0 Å². The van der Waals surface area contributed by atoms with Gasteiger partial charge in [0.05, 0.1) is 0 Å². The van der Waals surface area contributed by atoms with Crippen LogP contribution in [0.4, 0.5) is 0 Å². The maximum atomic E-state index is 10.4. The predicted molar refractivity (Wildman–Crippen MR) is 83.7 cm³/mol. The zero-order valence-corrected chi connectivity index (χ0v) is 13.2. The van der Waals surface area contributed by atoms with Gasteiger partial charge in [-0.15, -0.1) is 0 Å². The van der Waals surface area contributed by atoms with E-state index in [2.05, 4.69) is 41.9 Å². The van der Waals surface area contributed by atoms with Gasteiger partial charge in [-0.3, -0.25) is 0 Å². The summed E-state index contributed by atoms with van der Waals surface area (Å²) in [6.07, 6.45) is -0.693. The van der Waals surface area contributed by atoms with E-state index in [1.807, 2.05) is 24.3 Å². The summed E-state index contributed by atoms with van der Waals surface area (Å²) in [4.78, 5) is 0. The van der Waals surface area contributed by atoms with E-state index in [0.717, 1.165) is 15.6 Å². The largest absolute Gasteiger partial charge is 0.384 e. The molecule has 1 N–H and O–H groups in total. The lowest BCUT2D eigenvalue weighted by molar-refractivity contribution is 0.220. The van der Waals surface area contributed by atoms with Crippen molar-refractivity contribution in [3.63, 3.8) is 0 Å². The van der Waals surface area contributed by atoms with Gasteiger partial charge in [0, 0.05) is 15.1 Å². The normalized spacial score (nSPS) is 12.7. The molecule has 0 heterocycles. The number of hydrogen-bond acceptors (Lipinski definition) is 1. The molecule has 2 aromatic carbocycles. The quantitative estimate of drug-likeness (QED) is 0.803. The highest BCUT2D eigenvalue weighted by molar-refractivity contribution is 9.10. The van der Waals surface area contributed by atoms with Gasteiger partial charge in [0.1, 0.15) is 6.10 Å². The average Bonchev–Trinajstić information content (AvgIpc) is 2.38. The Morgan fingerprint density at radius 2 is 1.58 bits per heavy atom. The van der Waals surface area contributed by atoms with Crippen molar-refractivity contribution in [1.82, 2.24) is 0 Å². The van der Waals surface area contributed by atoms with Crippen LogP contribution < -0.4 is 0 Å². The van der Waals surface area contributed by atoms with Crippen molar-refractivity contribution in [2.45, 2.75) is 25.9 Å². The highest BCUT2D eigenvalue weighted by Gasteiger charge is 2.14. The second-order valence-corrected chi connectivity index (χ2v) is 6.21. The summed E-state index contributed by atoms with van der Waals surface area (Å²) >= 11 is 9.53. The molecule has 3 heteroatoms. The number of hydrogen-bond donors (Lipinski definition) is 1. The number of benzene rings is 2. The zero-order valence-electron chi connectivity index (χ0n) is 10.9. The molecular formula is C16H16BrClO. The number of halogens is 2. The van der Waals surface area contributed by atoms with E-state index < -0.39 is 6.10 Å². The highest BCUT2D eigenvalue weighted by Crippen LogP contribution is 2.31. The Labute approximate surface area is 127 Å². The molecule has 0 radical (unpaired) electrons. The van der Waals surface area contributed by atoms with E-state index in [1.165, 1.54) is 5.56 Å². The second kappa shape index (κ2) is 6.08. The van der Waals surface area contributed by atoms with Crippen LogP contribution in [0.15, 0.2) is 46.9 Å². The van der Waals surface area contributed by atoms with E-state index in [0.29, 0.717) is 10.9 Å². The van der Waals surface area contributed by atoms with Crippen molar-refractivity contribution in [2.75, 3.05) is 0 Å². The monoisotopic (exact) mass is 338 g/mol. The van der Waals surface area contributed by atoms with Crippen molar-refractivity contribution in [3.8, 4) is 0 Å². The minimum Gasteiger partial charge on any atom is -0.384 e. The van der Waals surface area contributed by atoms with Crippen LogP contribution in [0.3, 0.4) is 0 Å². The summed E-state index contributed by atoms with van der Waals surface area (Å²) in [5.41, 5.74) is 2.84. The molecule has 0 bridgehead atoms. The number of rotatable bonds is 3. The fraction of sp³-hybridized carbons (Fsp3) is 0.250. The van der Waals surface area contributed by atoms with Gasteiger partial charge in [0.25, 0.3) is 0 Å². The lowest BCUT2D eigenvalue weighted by Crippen LogP contribution is -2.01. The zero-order chi connectivity index (χ0) is 14.0. The van der Waals surface area contributed by atoms with Crippen LogP contribution in [0, 0.1) is 0 Å². The Morgan fingerprint density at radius 1 is 1.00 bits per heavy atom. The molecule has 0 saturated heterocycles. The van der Waals surface area contributed by atoms with Gasteiger partial charge in [-0.2, -0.15) is 0 Å². The van der Waals surface area contributed by atoms with Crippen LogP contribution in [0.5, 0.6) is 0 Å². The van der Waals surface area contributed by atoms with Crippen molar-refractivity contribution < 1.29 is 5.11 Å². The molecule has 1 unspecified atom stereocenters. The van der Waals surface area contributed by atoms with Crippen LogP contribution in [0.1, 0.15) is 42.6 Å². The van der Waals surface area contributed by atoms with Gasteiger partial charge in [0.15, 0.2) is 0 Å². The summed E-state index contributed by atoms with van der Waals surface area (Å²) < 4.78 is 0.906. The van der Waals surface area contributed by atoms with Crippen LogP contribution in [-0.4, -0.2) is 5.11 Å². The molecule has 2 aromatic rings. The van der Waals surface area contributed by atoms with Crippen molar-refractivity contribution in [3.05, 3.63) is 68.7 Å². The standard InChI is InChI=1S/C16H16BrClO/c1-10(2)11-3-5-12(6-4-11)16(19)14-8-7-13(17)9-15(14)18/h3-10,16,19H,1-2H3. The molecule has 2 rings (SSSR count). The Morgan fingerprint density at radius 3 is 2.11 bits per heavy atom. The van der Waals surface area contributed by atoms with Crippen LogP contribution in [0.25, 0.3) is 0 Å². The summed E-state index contributed by atoms with van der Waals surface area (Å²) in [6.45, 7) is 4.30. The number of aliphatic hydroxyl groups excluding tert-OH is 1. The molecule has 0 aliphatic rings. The Kier molecular flexibility index (Phi) is 4.67. The first kappa shape index (κ1) is 14.6. The van der Waals surface area contributed by atoms with Crippen LogP contribution in [0.2, 0.25) is 5.02 Å². The van der Waals surface area contributed by atoms with Crippen molar-refractivity contribution in [2.24, 2.45) is 0 Å². The van der Waals surface area contributed by atoms with E-state index >= 15 is 0 Å². The Hall–Kier alpha value is -0.830. The van der Waals surface area contributed by atoms with Crippen molar-refractivity contribution >= 4 is 27.5 Å². The molecule has 19 heavy (non-hydrogen) atoms. The molecule has 0 aliphatic carbocycles. The summed E-state index contributed by atoms with van der Waals surface area (Å²) in [5.74, 6) is 0.488. The molecule has 0 saturated carbocycles. The molecule has 0 aliphatic heterocycles. The fourth-order valence-electron chi connectivity index (χ4n) is 1.97. The average molecular weight is 340 g/mol. The van der Waals surface area contributed by atoms with E-state index in [1.54, 1.807) is 6.07 Å². The summed E-state index contributed by atoms with van der Waals surface area (Å²) in [5, 5.41) is 11.0. The molecule has 0 aromatic heterocycles. The molecule has 0 amide bonds. The first-order valence-corrected chi connectivity index (χ1v) is 7.39. The molecule has 1 atom stereocenters. The maximum absolute atomic E-state index is 10.4. The maximum Gasteiger partial charge on any atom is 0.105 e. The van der Waals surface area contributed by atoms with Gasteiger partial charge in [0.2, 0.25) is 0 Å². The summed E-state index contributed by atoms with van der Waals surface area (Å²) in [7, 11) is 0. The van der Waals surface area contributed by atoms with Crippen LogP contribution >= 0.6 is 27.5 Å². The lowest BCUT2D eigenvalue weighted by atomic mass is 9.97. The predicted octanol–water partition coefficient (Wildman–Crippen LogP) is 5.31. The molecular weight excluding hydrogens is 324 g/mol. The van der Waals surface area contributed by atoms with E-state index in [9.17, 15) is 5.11 Å². The van der Waals surface area contributed by atoms with Gasteiger partial charge < -0.3 is 5.11 Å². The third kappa shape index (κ3) is 3.38. The summed E-state index contributed by atoms with van der Waals surface area (Å²) in [6, 6.07) is 13.5. The Balaban J connectivity index is 2.30. The minimum absolute atomic E-state index is 0.488. The first-order chi connectivity index (χ1) is 8.99. The Bertz CT molecular complexity index is 563. The van der Waals surface area contributed by atoms with E-state index in [4.69, 9.17) is 11.6 Å². The first-order valence-electron chi connectivity index (χ1n) is 6.22. The van der Waals surface area contributed by atoms with Gasteiger partial charge in [-0.05, 0) is 29.2 Å². The van der Waals surface area contributed by atoms with Gasteiger partial charge in [-0.1, -0.05) is 71.7 Å². The molecule has 1 nitrogen and oxygen atoms in total. The lowest BCUT2D eigenvalue weighted by Gasteiger charge is -2.14. The van der Waals surface area contributed by atoms with Gasteiger partial charge >= 0.3 is 0 Å². The van der Waals surface area contributed by atoms with E-state index in [-0.39, 0.29) is 0 Å².